The Bertz CT molecular complexity index is 391. The van der Waals surface area contributed by atoms with Gasteiger partial charge in [-0.25, -0.2) is 19.8 Å². The van der Waals surface area contributed by atoms with Crippen molar-refractivity contribution in [1.82, 2.24) is 15.0 Å². The van der Waals surface area contributed by atoms with Crippen molar-refractivity contribution in [2.24, 2.45) is 0 Å². The van der Waals surface area contributed by atoms with Gasteiger partial charge in [0.05, 0.1) is 7.11 Å². The molecule has 1 aromatic heterocycles. The molecule has 0 bridgehead atoms. The van der Waals surface area contributed by atoms with Crippen LogP contribution in [0.15, 0.2) is 12.3 Å². The van der Waals surface area contributed by atoms with E-state index in [1.807, 2.05) is 0 Å². The van der Waals surface area contributed by atoms with E-state index in [0.717, 1.165) is 13.1 Å². The maximum Gasteiger partial charge on any atom is 0.376 e. The molecule has 0 atom stereocenters. The number of aromatic nitrogens is 2. The molecule has 2 heterocycles. The number of carbonyl (C=O) groups is 1. The van der Waals surface area contributed by atoms with Crippen LogP contribution in [0, 0.1) is 0 Å². The van der Waals surface area contributed by atoms with Crippen LogP contribution in [0.2, 0.25) is 0 Å². The third-order valence-electron chi connectivity index (χ3n) is 2.65. The van der Waals surface area contributed by atoms with Crippen LogP contribution in [0.4, 0.5) is 5.82 Å². The minimum atomic E-state index is -0.521. The third-order valence-corrected chi connectivity index (χ3v) is 2.65. The van der Waals surface area contributed by atoms with E-state index < -0.39 is 5.97 Å². The van der Waals surface area contributed by atoms with Gasteiger partial charge in [0, 0.05) is 25.4 Å². The first kappa shape index (κ1) is 11.8. The lowest BCUT2D eigenvalue weighted by molar-refractivity contribution is 0.0586. The van der Waals surface area contributed by atoms with Gasteiger partial charge in [-0.05, 0) is 12.8 Å². The maximum absolute atomic E-state index is 11.3. The molecule has 1 N–H and O–H groups in total. The van der Waals surface area contributed by atoms with Crippen LogP contribution < -0.4 is 5.43 Å². The van der Waals surface area contributed by atoms with Crippen molar-refractivity contribution in [2.45, 2.75) is 19.3 Å². The summed E-state index contributed by atoms with van der Waals surface area (Å²) in [6.45, 7) is 2.00. The molecule has 1 fully saturated rings. The normalized spacial score (nSPS) is 16.5. The molecular formula is C11H16N4O2. The Morgan fingerprint density at radius 3 is 2.88 bits per heavy atom. The second-order valence-electron chi connectivity index (χ2n) is 3.92. The second kappa shape index (κ2) is 5.58. The zero-order chi connectivity index (χ0) is 12.1. The number of hydrogen-bond acceptors (Lipinski definition) is 6. The van der Waals surface area contributed by atoms with E-state index in [1.165, 1.54) is 26.4 Å². The van der Waals surface area contributed by atoms with Gasteiger partial charge in [-0.2, -0.15) is 0 Å². The predicted octanol–water partition coefficient (Wildman–Crippen LogP) is 1.08. The van der Waals surface area contributed by atoms with Gasteiger partial charge in [0.1, 0.15) is 5.82 Å². The highest BCUT2D eigenvalue weighted by atomic mass is 16.5. The zero-order valence-corrected chi connectivity index (χ0v) is 9.85. The van der Waals surface area contributed by atoms with Crippen LogP contribution in [0.1, 0.15) is 29.9 Å². The fourth-order valence-corrected chi connectivity index (χ4v) is 1.78. The second-order valence-corrected chi connectivity index (χ2v) is 3.92. The van der Waals surface area contributed by atoms with Gasteiger partial charge in [0.25, 0.3) is 0 Å². The third kappa shape index (κ3) is 3.13. The summed E-state index contributed by atoms with van der Waals surface area (Å²) in [5, 5.41) is 2.10. The van der Waals surface area contributed by atoms with Crippen LogP contribution >= 0.6 is 0 Å². The van der Waals surface area contributed by atoms with Crippen molar-refractivity contribution >= 4 is 11.8 Å². The van der Waals surface area contributed by atoms with Gasteiger partial charge < -0.3 is 10.2 Å². The lowest BCUT2D eigenvalue weighted by atomic mass is 10.2. The van der Waals surface area contributed by atoms with E-state index in [4.69, 9.17) is 0 Å². The smallest absolute Gasteiger partial charge is 0.376 e. The number of esters is 1. The standard InChI is InChI=1S/C11H16N4O2/c1-17-11(16)10-12-6-5-9(13-10)14-15-7-3-2-4-8-15/h5-6H,2-4,7-8H2,1H3,(H,12,13,14). The summed E-state index contributed by atoms with van der Waals surface area (Å²) < 4.78 is 4.58. The Labute approximate surface area is 100.0 Å². The van der Waals surface area contributed by atoms with Crippen molar-refractivity contribution in [2.75, 3.05) is 25.6 Å². The topological polar surface area (TPSA) is 67.3 Å². The summed E-state index contributed by atoms with van der Waals surface area (Å²) in [7, 11) is 1.32. The summed E-state index contributed by atoms with van der Waals surface area (Å²) in [5.74, 6) is 0.184. The molecule has 1 saturated heterocycles. The molecule has 6 nitrogen and oxygen atoms in total. The number of ether oxygens (including phenoxy) is 1. The van der Waals surface area contributed by atoms with Crippen LogP contribution in [0.5, 0.6) is 0 Å². The van der Waals surface area contributed by atoms with Crippen LogP contribution in [0.25, 0.3) is 0 Å². The molecule has 0 aliphatic carbocycles. The highest BCUT2D eigenvalue weighted by molar-refractivity contribution is 5.85. The average molecular weight is 236 g/mol. The molecule has 1 aliphatic heterocycles. The van der Waals surface area contributed by atoms with Crippen molar-refractivity contribution < 1.29 is 9.53 Å². The molecular weight excluding hydrogens is 220 g/mol. The van der Waals surface area contributed by atoms with E-state index in [1.54, 1.807) is 12.3 Å². The Morgan fingerprint density at radius 2 is 2.18 bits per heavy atom. The van der Waals surface area contributed by atoms with E-state index in [2.05, 4.69) is 25.1 Å². The first-order valence-corrected chi connectivity index (χ1v) is 5.72. The number of nitrogens with one attached hydrogen (secondary N) is 1. The van der Waals surface area contributed by atoms with Gasteiger partial charge in [0.2, 0.25) is 5.82 Å². The van der Waals surface area contributed by atoms with Crippen LogP contribution in [0.3, 0.4) is 0 Å². The molecule has 92 valence electrons. The van der Waals surface area contributed by atoms with Crippen molar-refractivity contribution in [3.8, 4) is 0 Å². The van der Waals surface area contributed by atoms with E-state index >= 15 is 0 Å². The first-order valence-electron chi connectivity index (χ1n) is 5.72. The molecule has 2 rings (SSSR count). The number of rotatable bonds is 3. The molecule has 1 aliphatic rings. The van der Waals surface area contributed by atoms with Gasteiger partial charge in [-0.3, -0.25) is 0 Å². The van der Waals surface area contributed by atoms with Crippen molar-refractivity contribution in [3.63, 3.8) is 0 Å². The van der Waals surface area contributed by atoms with Crippen LogP contribution in [-0.2, 0) is 4.74 Å². The lowest BCUT2D eigenvalue weighted by Gasteiger charge is -2.27. The average Bonchev–Trinajstić information content (AvgIpc) is 2.39. The predicted molar refractivity (Wildman–Crippen MR) is 62.4 cm³/mol. The number of nitrogens with zero attached hydrogens (tertiary/aromatic N) is 3. The van der Waals surface area contributed by atoms with Gasteiger partial charge >= 0.3 is 5.97 Å². The summed E-state index contributed by atoms with van der Waals surface area (Å²) in [6, 6.07) is 1.74. The number of hydrazine groups is 1. The minimum Gasteiger partial charge on any atom is -0.463 e. The van der Waals surface area contributed by atoms with Crippen molar-refractivity contribution in [1.29, 1.82) is 0 Å². The summed E-state index contributed by atoms with van der Waals surface area (Å²) in [6.07, 6.45) is 5.19. The van der Waals surface area contributed by atoms with E-state index in [9.17, 15) is 4.79 Å². The number of carbonyl (C=O) groups excluding carboxylic acids is 1. The van der Waals surface area contributed by atoms with Crippen molar-refractivity contribution in [3.05, 3.63) is 18.1 Å². The van der Waals surface area contributed by atoms with Gasteiger partial charge in [-0.15, -0.1) is 0 Å². The molecule has 0 spiro atoms. The Morgan fingerprint density at radius 1 is 1.41 bits per heavy atom. The highest BCUT2D eigenvalue weighted by Crippen LogP contribution is 2.11. The molecule has 17 heavy (non-hydrogen) atoms. The molecule has 0 amide bonds. The van der Waals surface area contributed by atoms with E-state index in [0.29, 0.717) is 5.82 Å². The number of methoxy groups -OCH3 is 1. The Balaban J connectivity index is 2.02. The van der Waals surface area contributed by atoms with E-state index in [-0.39, 0.29) is 5.82 Å². The highest BCUT2D eigenvalue weighted by Gasteiger charge is 2.13. The zero-order valence-electron chi connectivity index (χ0n) is 9.85. The maximum atomic E-state index is 11.3. The van der Waals surface area contributed by atoms with Gasteiger partial charge in [0.15, 0.2) is 0 Å². The molecule has 6 heteroatoms. The lowest BCUT2D eigenvalue weighted by Crippen LogP contribution is -2.35. The Kier molecular flexibility index (Phi) is 3.87. The monoisotopic (exact) mass is 236 g/mol. The molecule has 1 aromatic rings. The summed E-state index contributed by atoms with van der Waals surface area (Å²) in [4.78, 5) is 19.2. The summed E-state index contributed by atoms with van der Waals surface area (Å²) in [5.41, 5.74) is 3.17. The van der Waals surface area contributed by atoms with Crippen LogP contribution in [-0.4, -0.2) is 41.1 Å². The quantitative estimate of drug-likeness (QED) is 0.792. The first-order chi connectivity index (χ1) is 8.29. The summed E-state index contributed by atoms with van der Waals surface area (Å²) >= 11 is 0. The fraction of sp³-hybridized carbons (Fsp3) is 0.545. The SMILES string of the molecule is COC(=O)c1nccc(NN2CCCCC2)n1. The molecule has 0 radical (unpaired) electrons. The molecule has 0 saturated carbocycles. The molecule has 0 aromatic carbocycles. The van der Waals surface area contributed by atoms with Gasteiger partial charge in [-0.1, -0.05) is 6.42 Å². The number of anilines is 1. The molecule has 0 unspecified atom stereocenters. The largest absolute Gasteiger partial charge is 0.463 e. The fourth-order valence-electron chi connectivity index (χ4n) is 1.78. The Hall–Kier alpha value is -1.69. The number of piperidine rings is 1. The number of hydrogen-bond donors (Lipinski definition) is 1. The minimum absolute atomic E-state index is 0.0782.